The molecule has 5 nitrogen and oxygen atoms in total. The van der Waals surface area contributed by atoms with Crippen molar-refractivity contribution in [2.75, 3.05) is 18.5 Å². The van der Waals surface area contributed by atoms with Gasteiger partial charge in [-0.3, -0.25) is 4.98 Å². The molecule has 0 spiro atoms. The van der Waals surface area contributed by atoms with E-state index in [4.69, 9.17) is 4.52 Å². The molecule has 0 aliphatic rings. The van der Waals surface area contributed by atoms with E-state index in [0.717, 1.165) is 49.4 Å². The molecule has 0 amide bonds. The van der Waals surface area contributed by atoms with Gasteiger partial charge >= 0.3 is 0 Å². The maximum atomic E-state index is 13.3. The van der Waals surface area contributed by atoms with Gasteiger partial charge in [-0.1, -0.05) is 23.7 Å². The van der Waals surface area contributed by atoms with Crippen molar-refractivity contribution in [1.82, 2.24) is 15.1 Å². The molecule has 2 heterocycles. The highest BCUT2D eigenvalue weighted by atomic mass is 19.1. The number of halogens is 1. The van der Waals surface area contributed by atoms with Crippen molar-refractivity contribution >= 4 is 5.82 Å². The number of aromatic nitrogens is 3. The molecule has 0 aliphatic heterocycles. The smallest absolute Gasteiger partial charge is 0.146 e. The zero-order chi connectivity index (χ0) is 17.5. The Morgan fingerprint density at radius 2 is 2.04 bits per heavy atom. The van der Waals surface area contributed by atoms with E-state index in [9.17, 15) is 4.39 Å². The molecule has 6 heteroatoms. The van der Waals surface area contributed by atoms with Crippen molar-refractivity contribution < 1.29 is 8.91 Å². The number of anilines is 1. The summed E-state index contributed by atoms with van der Waals surface area (Å²) in [7, 11) is 2.02. The van der Waals surface area contributed by atoms with Crippen LogP contribution >= 0.6 is 0 Å². The van der Waals surface area contributed by atoms with Gasteiger partial charge in [0.1, 0.15) is 23.1 Å². The minimum absolute atomic E-state index is 0.269. The number of hydrogen-bond acceptors (Lipinski definition) is 5. The average molecular weight is 340 g/mol. The molecular formula is C19H21FN4O. The maximum Gasteiger partial charge on any atom is 0.146 e. The quantitative estimate of drug-likeness (QED) is 0.577. The molecule has 0 aliphatic carbocycles. The molecule has 0 atom stereocenters. The first-order chi connectivity index (χ1) is 12.2. The van der Waals surface area contributed by atoms with Crippen molar-refractivity contribution in [3.05, 3.63) is 60.5 Å². The normalized spacial score (nSPS) is 10.8. The Balaban J connectivity index is 1.41. The summed E-state index contributed by atoms with van der Waals surface area (Å²) in [5.41, 5.74) is 1.41. The van der Waals surface area contributed by atoms with Gasteiger partial charge in [0.25, 0.3) is 0 Å². The van der Waals surface area contributed by atoms with Gasteiger partial charge in [0, 0.05) is 44.0 Å². The summed E-state index contributed by atoms with van der Waals surface area (Å²) < 4.78 is 18.6. The summed E-state index contributed by atoms with van der Waals surface area (Å²) in [5.74, 6) is 1.45. The fourth-order valence-corrected chi connectivity index (χ4v) is 2.64. The number of nitrogens with zero attached hydrogens (tertiary/aromatic N) is 4. The van der Waals surface area contributed by atoms with Crippen molar-refractivity contribution in [2.45, 2.75) is 25.7 Å². The van der Waals surface area contributed by atoms with Crippen LogP contribution in [-0.4, -0.2) is 28.7 Å². The lowest BCUT2D eigenvalue weighted by Crippen LogP contribution is -2.19. The first-order valence-electron chi connectivity index (χ1n) is 8.41. The molecule has 0 unspecified atom stereocenters. The molecule has 3 rings (SSSR count). The number of benzene rings is 1. The highest BCUT2D eigenvalue weighted by Gasteiger charge is 2.07. The summed E-state index contributed by atoms with van der Waals surface area (Å²) in [5, 5.41) is 4.03. The Labute approximate surface area is 146 Å². The minimum Gasteiger partial charge on any atom is -0.361 e. The molecule has 0 N–H and O–H groups in total. The fraction of sp³-hybridized carbons (Fsp3) is 0.316. The van der Waals surface area contributed by atoms with E-state index in [-0.39, 0.29) is 5.82 Å². The molecule has 3 aromatic rings. The van der Waals surface area contributed by atoms with Crippen LogP contribution in [0.25, 0.3) is 11.3 Å². The zero-order valence-electron chi connectivity index (χ0n) is 14.2. The SMILES string of the molecule is CN(CCCCCc1cc(-c2cccc(F)c2)no1)c1cnccn1. The molecule has 130 valence electrons. The van der Waals surface area contributed by atoms with Gasteiger partial charge < -0.3 is 9.42 Å². The van der Waals surface area contributed by atoms with Crippen LogP contribution in [0.4, 0.5) is 10.2 Å². The van der Waals surface area contributed by atoms with Crippen LogP contribution in [0, 0.1) is 5.82 Å². The second kappa shape index (κ2) is 8.37. The van der Waals surface area contributed by atoms with Crippen molar-refractivity contribution in [2.24, 2.45) is 0 Å². The molecule has 0 radical (unpaired) electrons. The molecule has 0 fully saturated rings. The third-order valence-corrected chi connectivity index (χ3v) is 4.04. The Hall–Kier alpha value is -2.76. The van der Waals surface area contributed by atoms with E-state index in [1.807, 2.05) is 19.2 Å². The third-order valence-electron chi connectivity index (χ3n) is 4.04. The van der Waals surface area contributed by atoms with E-state index in [1.54, 1.807) is 24.7 Å². The Morgan fingerprint density at radius 3 is 2.84 bits per heavy atom. The second-order valence-corrected chi connectivity index (χ2v) is 5.98. The van der Waals surface area contributed by atoms with Crippen LogP contribution in [0.3, 0.4) is 0 Å². The van der Waals surface area contributed by atoms with Crippen LogP contribution in [0.15, 0.2) is 53.4 Å². The van der Waals surface area contributed by atoms with Crippen LogP contribution < -0.4 is 4.90 Å². The third kappa shape index (κ3) is 4.86. The van der Waals surface area contributed by atoms with Gasteiger partial charge in [-0.2, -0.15) is 0 Å². The van der Waals surface area contributed by atoms with E-state index in [1.165, 1.54) is 12.1 Å². The zero-order valence-corrected chi connectivity index (χ0v) is 14.2. The van der Waals surface area contributed by atoms with Gasteiger partial charge in [-0.05, 0) is 25.0 Å². The highest BCUT2D eigenvalue weighted by molar-refractivity contribution is 5.58. The van der Waals surface area contributed by atoms with Crippen LogP contribution in [0.1, 0.15) is 25.0 Å². The monoisotopic (exact) mass is 340 g/mol. The summed E-state index contributed by atoms with van der Waals surface area (Å²) >= 11 is 0. The summed E-state index contributed by atoms with van der Waals surface area (Å²) in [6.07, 6.45) is 9.14. The topological polar surface area (TPSA) is 55.1 Å². The van der Waals surface area contributed by atoms with E-state index >= 15 is 0 Å². The van der Waals surface area contributed by atoms with E-state index in [2.05, 4.69) is 20.0 Å². The minimum atomic E-state index is -0.269. The lowest BCUT2D eigenvalue weighted by atomic mass is 10.1. The van der Waals surface area contributed by atoms with E-state index in [0.29, 0.717) is 5.69 Å². The molecular weight excluding hydrogens is 319 g/mol. The van der Waals surface area contributed by atoms with Gasteiger partial charge in [-0.25, -0.2) is 9.37 Å². The van der Waals surface area contributed by atoms with Crippen molar-refractivity contribution in [1.29, 1.82) is 0 Å². The van der Waals surface area contributed by atoms with Crippen molar-refractivity contribution in [3.8, 4) is 11.3 Å². The molecule has 0 saturated heterocycles. The molecule has 0 saturated carbocycles. The fourth-order valence-electron chi connectivity index (χ4n) is 2.64. The highest BCUT2D eigenvalue weighted by Crippen LogP contribution is 2.21. The first-order valence-corrected chi connectivity index (χ1v) is 8.41. The van der Waals surface area contributed by atoms with Gasteiger partial charge in [0.15, 0.2) is 0 Å². The van der Waals surface area contributed by atoms with Gasteiger partial charge in [0.2, 0.25) is 0 Å². The standard InChI is InChI=1S/C19H21FN4O/c1-24(19-14-21-9-10-22-19)11-4-2-3-8-17-13-18(23-25-17)15-6-5-7-16(20)12-15/h5-7,9-10,12-14H,2-4,8,11H2,1H3. The molecule has 0 bridgehead atoms. The summed E-state index contributed by atoms with van der Waals surface area (Å²) in [4.78, 5) is 10.5. The largest absolute Gasteiger partial charge is 0.361 e. The Kier molecular flexibility index (Phi) is 5.72. The molecule has 1 aromatic carbocycles. The summed E-state index contributed by atoms with van der Waals surface area (Å²) in [6, 6.07) is 8.27. The lowest BCUT2D eigenvalue weighted by molar-refractivity contribution is 0.381. The average Bonchev–Trinajstić information content (AvgIpc) is 3.11. The Bertz CT molecular complexity index is 791. The number of rotatable bonds is 8. The summed E-state index contributed by atoms with van der Waals surface area (Å²) in [6.45, 7) is 0.934. The van der Waals surface area contributed by atoms with Crippen LogP contribution in [-0.2, 0) is 6.42 Å². The molecule has 25 heavy (non-hydrogen) atoms. The van der Waals surface area contributed by atoms with Crippen LogP contribution in [0.5, 0.6) is 0 Å². The van der Waals surface area contributed by atoms with Crippen LogP contribution in [0.2, 0.25) is 0 Å². The van der Waals surface area contributed by atoms with Gasteiger partial charge in [0.05, 0.1) is 6.20 Å². The number of hydrogen-bond donors (Lipinski definition) is 0. The maximum absolute atomic E-state index is 13.3. The predicted molar refractivity (Wildman–Crippen MR) is 94.8 cm³/mol. The number of aryl methyl sites for hydroxylation is 1. The second-order valence-electron chi connectivity index (χ2n) is 5.98. The Morgan fingerprint density at radius 1 is 1.12 bits per heavy atom. The molecule has 2 aromatic heterocycles. The van der Waals surface area contributed by atoms with E-state index < -0.39 is 0 Å². The lowest BCUT2D eigenvalue weighted by Gasteiger charge is -2.16. The first kappa shape index (κ1) is 17.1. The number of unbranched alkanes of at least 4 members (excludes halogenated alkanes) is 2. The van der Waals surface area contributed by atoms with Crippen molar-refractivity contribution in [3.63, 3.8) is 0 Å². The van der Waals surface area contributed by atoms with Gasteiger partial charge in [-0.15, -0.1) is 0 Å². The predicted octanol–water partition coefficient (Wildman–Crippen LogP) is 4.12.